The maximum absolute atomic E-state index is 11.8. The van der Waals surface area contributed by atoms with E-state index in [-0.39, 0.29) is 11.5 Å². The number of carboxylic acids is 1. The number of thioether (sulfide) groups is 1. The van der Waals surface area contributed by atoms with Crippen molar-refractivity contribution in [1.82, 2.24) is 10.6 Å². The molecule has 0 radical (unpaired) electrons. The van der Waals surface area contributed by atoms with Gasteiger partial charge < -0.3 is 15.7 Å². The van der Waals surface area contributed by atoms with Crippen molar-refractivity contribution in [3.63, 3.8) is 0 Å². The molecule has 0 spiro atoms. The second-order valence-electron chi connectivity index (χ2n) is 5.04. The minimum absolute atomic E-state index is 0.0286. The van der Waals surface area contributed by atoms with Crippen LogP contribution in [-0.2, 0) is 11.3 Å². The molecule has 1 aromatic rings. The first-order valence-corrected chi connectivity index (χ1v) is 8.11. The highest BCUT2D eigenvalue weighted by Gasteiger charge is 2.14. The van der Waals surface area contributed by atoms with Crippen LogP contribution in [0.15, 0.2) is 24.3 Å². The minimum atomic E-state index is -0.941. The SMILES string of the molecule is O=C(CSC1CCNCC1)NCc1ccc(C(=O)O)cc1. The summed E-state index contributed by atoms with van der Waals surface area (Å²) < 4.78 is 0. The lowest BCUT2D eigenvalue weighted by molar-refractivity contribution is -0.118. The molecular formula is C15H20N2O3S. The molecule has 2 rings (SSSR count). The quantitative estimate of drug-likeness (QED) is 0.742. The van der Waals surface area contributed by atoms with Crippen molar-refractivity contribution in [3.05, 3.63) is 35.4 Å². The molecular weight excluding hydrogens is 288 g/mol. The van der Waals surface area contributed by atoms with Gasteiger partial charge in [0, 0.05) is 11.8 Å². The number of hydrogen-bond acceptors (Lipinski definition) is 4. The molecule has 1 saturated heterocycles. The number of amides is 1. The predicted molar refractivity (Wildman–Crippen MR) is 83.6 cm³/mol. The topological polar surface area (TPSA) is 78.4 Å². The molecule has 1 fully saturated rings. The number of carbonyl (C=O) groups excluding carboxylic acids is 1. The van der Waals surface area contributed by atoms with Crippen LogP contribution in [0, 0.1) is 0 Å². The summed E-state index contributed by atoms with van der Waals surface area (Å²) in [7, 11) is 0. The third-order valence-electron chi connectivity index (χ3n) is 3.43. The summed E-state index contributed by atoms with van der Waals surface area (Å²) in [5.74, 6) is -0.428. The van der Waals surface area contributed by atoms with E-state index >= 15 is 0 Å². The smallest absolute Gasteiger partial charge is 0.335 e. The van der Waals surface area contributed by atoms with Crippen molar-refractivity contribution in [2.75, 3.05) is 18.8 Å². The Hall–Kier alpha value is -1.53. The van der Waals surface area contributed by atoms with Gasteiger partial charge in [0.2, 0.25) is 5.91 Å². The van der Waals surface area contributed by atoms with Gasteiger partial charge in [-0.15, -0.1) is 11.8 Å². The molecule has 0 aromatic heterocycles. The van der Waals surface area contributed by atoms with Crippen LogP contribution >= 0.6 is 11.8 Å². The molecule has 0 unspecified atom stereocenters. The van der Waals surface area contributed by atoms with Gasteiger partial charge in [0.05, 0.1) is 11.3 Å². The van der Waals surface area contributed by atoms with Crippen molar-refractivity contribution in [2.45, 2.75) is 24.6 Å². The van der Waals surface area contributed by atoms with Gasteiger partial charge in [0.25, 0.3) is 0 Å². The zero-order valence-corrected chi connectivity index (χ0v) is 12.6. The third-order valence-corrected chi connectivity index (χ3v) is 4.80. The van der Waals surface area contributed by atoms with Gasteiger partial charge in [0.1, 0.15) is 0 Å². The van der Waals surface area contributed by atoms with E-state index in [1.165, 1.54) is 0 Å². The average Bonchev–Trinajstić information content (AvgIpc) is 2.52. The monoisotopic (exact) mass is 308 g/mol. The molecule has 114 valence electrons. The first-order valence-electron chi connectivity index (χ1n) is 7.06. The highest BCUT2D eigenvalue weighted by atomic mass is 32.2. The lowest BCUT2D eigenvalue weighted by atomic mass is 10.1. The molecule has 1 aromatic carbocycles. The first-order chi connectivity index (χ1) is 10.1. The summed E-state index contributed by atoms with van der Waals surface area (Å²) in [5, 5.41) is 15.6. The van der Waals surface area contributed by atoms with E-state index in [0.717, 1.165) is 31.5 Å². The first kappa shape index (κ1) is 15.9. The number of carboxylic acid groups (broad SMARTS) is 1. The molecule has 5 nitrogen and oxygen atoms in total. The van der Waals surface area contributed by atoms with Gasteiger partial charge >= 0.3 is 5.97 Å². The summed E-state index contributed by atoms with van der Waals surface area (Å²) >= 11 is 1.72. The Morgan fingerprint density at radius 2 is 1.90 bits per heavy atom. The van der Waals surface area contributed by atoms with Crippen LogP contribution in [0.25, 0.3) is 0 Å². The fourth-order valence-electron chi connectivity index (χ4n) is 2.17. The fraction of sp³-hybridized carbons (Fsp3) is 0.467. The standard InChI is InChI=1S/C15H20N2O3S/c18-14(10-21-13-5-7-16-8-6-13)17-9-11-1-3-12(4-2-11)15(19)20/h1-4,13,16H,5-10H2,(H,17,18)(H,19,20). The Morgan fingerprint density at radius 3 is 2.52 bits per heavy atom. The van der Waals surface area contributed by atoms with Gasteiger partial charge in [-0.05, 0) is 43.6 Å². The van der Waals surface area contributed by atoms with E-state index in [1.54, 1.807) is 36.0 Å². The van der Waals surface area contributed by atoms with Gasteiger partial charge in [-0.2, -0.15) is 0 Å². The molecule has 6 heteroatoms. The van der Waals surface area contributed by atoms with Crippen LogP contribution in [0.3, 0.4) is 0 Å². The second-order valence-corrected chi connectivity index (χ2v) is 6.33. The molecule has 0 atom stereocenters. The predicted octanol–water partition coefficient (Wildman–Crippen LogP) is 1.49. The molecule has 0 aliphatic carbocycles. The van der Waals surface area contributed by atoms with Gasteiger partial charge in [0.15, 0.2) is 0 Å². The van der Waals surface area contributed by atoms with E-state index in [9.17, 15) is 9.59 Å². The maximum Gasteiger partial charge on any atom is 0.335 e. The molecule has 1 heterocycles. The Balaban J connectivity index is 1.69. The summed E-state index contributed by atoms with van der Waals surface area (Å²) in [6, 6.07) is 6.55. The molecule has 1 aliphatic rings. The van der Waals surface area contributed by atoms with Crippen molar-refractivity contribution in [2.24, 2.45) is 0 Å². The molecule has 1 aliphatic heterocycles. The Kier molecular flexibility index (Phi) is 6.07. The van der Waals surface area contributed by atoms with Gasteiger partial charge in [-0.3, -0.25) is 4.79 Å². The van der Waals surface area contributed by atoms with Crippen LogP contribution < -0.4 is 10.6 Å². The third kappa shape index (κ3) is 5.40. The van der Waals surface area contributed by atoms with E-state index in [1.807, 2.05) is 0 Å². The van der Waals surface area contributed by atoms with Crippen molar-refractivity contribution < 1.29 is 14.7 Å². The lowest BCUT2D eigenvalue weighted by Crippen LogP contribution is -2.31. The average molecular weight is 308 g/mol. The fourth-order valence-corrected chi connectivity index (χ4v) is 3.23. The van der Waals surface area contributed by atoms with E-state index in [2.05, 4.69) is 10.6 Å². The zero-order valence-electron chi connectivity index (χ0n) is 11.8. The van der Waals surface area contributed by atoms with Crippen LogP contribution in [0.1, 0.15) is 28.8 Å². The molecule has 0 bridgehead atoms. The molecule has 3 N–H and O–H groups in total. The zero-order chi connectivity index (χ0) is 15.1. The van der Waals surface area contributed by atoms with Crippen LogP contribution in [-0.4, -0.2) is 41.1 Å². The highest BCUT2D eigenvalue weighted by molar-refractivity contribution is 8.00. The summed E-state index contributed by atoms with van der Waals surface area (Å²) in [6.45, 7) is 2.51. The summed E-state index contributed by atoms with van der Waals surface area (Å²) in [5.41, 5.74) is 1.16. The lowest BCUT2D eigenvalue weighted by Gasteiger charge is -2.21. The van der Waals surface area contributed by atoms with E-state index in [4.69, 9.17) is 5.11 Å². The number of benzene rings is 1. The van der Waals surface area contributed by atoms with Gasteiger partial charge in [-0.1, -0.05) is 12.1 Å². The van der Waals surface area contributed by atoms with Crippen molar-refractivity contribution in [1.29, 1.82) is 0 Å². The largest absolute Gasteiger partial charge is 0.478 e. The second kappa shape index (κ2) is 8.05. The highest BCUT2D eigenvalue weighted by Crippen LogP contribution is 2.19. The summed E-state index contributed by atoms with van der Waals surface area (Å²) in [6.07, 6.45) is 2.24. The number of rotatable bonds is 6. The Morgan fingerprint density at radius 1 is 1.24 bits per heavy atom. The Labute approximate surface area is 128 Å². The maximum atomic E-state index is 11.8. The van der Waals surface area contributed by atoms with E-state index < -0.39 is 5.97 Å². The molecule has 1 amide bonds. The van der Waals surface area contributed by atoms with E-state index in [0.29, 0.717) is 17.5 Å². The van der Waals surface area contributed by atoms with Crippen molar-refractivity contribution in [3.8, 4) is 0 Å². The number of piperidine rings is 1. The normalized spacial score (nSPS) is 15.6. The number of hydrogen-bond donors (Lipinski definition) is 3. The minimum Gasteiger partial charge on any atom is -0.478 e. The van der Waals surface area contributed by atoms with Crippen LogP contribution in [0.4, 0.5) is 0 Å². The molecule has 21 heavy (non-hydrogen) atoms. The number of aromatic carboxylic acids is 1. The van der Waals surface area contributed by atoms with Gasteiger partial charge in [-0.25, -0.2) is 4.79 Å². The van der Waals surface area contributed by atoms with Crippen molar-refractivity contribution >= 4 is 23.6 Å². The number of carbonyl (C=O) groups is 2. The summed E-state index contributed by atoms with van der Waals surface area (Å²) in [4.78, 5) is 22.5. The van der Waals surface area contributed by atoms with Crippen LogP contribution in [0.2, 0.25) is 0 Å². The number of nitrogens with one attached hydrogen (secondary N) is 2. The Bertz CT molecular complexity index is 484. The molecule has 0 saturated carbocycles. The van der Waals surface area contributed by atoms with Crippen LogP contribution in [0.5, 0.6) is 0 Å².